The maximum absolute atomic E-state index is 6.44. The molecule has 0 unspecified atom stereocenters. The van der Waals surface area contributed by atoms with Gasteiger partial charge in [0.15, 0.2) is 0 Å². The fourth-order valence-electron chi connectivity index (χ4n) is 3.27. The predicted molar refractivity (Wildman–Crippen MR) is 87.2 cm³/mol. The van der Waals surface area contributed by atoms with Crippen LogP contribution in [0.25, 0.3) is 5.52 Å². The van der Waals surface area contributed by atoms with Crippen molar-refractivity contribution in [3.05, 3.63) is 41.5 Å². The summed E-state index contributed by atoms with van der Waals surface area (Å²) < 4.78 is 2.10. The van der Waals surface area contributed by atoms with Gasteiger partial charge in [-0.3, -0.25) is 15.3 Å². The average molecular weight is 319 g/mol. The molecule has 0 aromatic carbocycles. The number of pyridine rings is 1. The average Bonchev–Trinajstić information content (AvgIpc) is 3.22. The number of anilines is 1. The number of halogens is 1. The molecule has 4 rings (SSSR count). The molecule has 0 saturated carbocycles. The Bertz CT molecular complexity index is 718. The van der Waals surface area contributed by atoms with E-state index in [1.807, 2.05) is 35.9 Å². The molecule has 2 aromatic heterocycles. The van der Waals surface area contributed by atoms with Crippen molar-refractivity contribution in [2.75, 3.05) is 24.5 Å². The minimum Gasteiger partial charge on any atom is -0.357 e. The molecule has 1 fully saturated rings. The molecule has 6 nitrogen and oxygen atoms in total. The van der Waals surface area contributed by atoms with Crippen molar-refractivity contribution in [1.82, 2.24) is 19.5 Å². The van der Waals surface area contributed by atoms with Crippen molar-refractivity contribution < 1.29 is 0 Å². The lowest BCUT2D eigenvalue weighted by Crippen LogP contribution is -2.40. The number of nitrogens with zero attached hydrogens (tertiary/aromatic N) is 5. The summed E-state index contributed by atoms with van der Waals surface area (Å²) in [6.45, 7) is 3.58. The second kappa shape index (κ2) is 5.46. The molecule has 0 atom stereocenters. The number of hydrogen-bond acceptors (Lipinski definition) is 5. The van der Waals surface area contributed by atoms with Crippen LogP contribution in [0.1, 0.15) is 18.4 Å². The van der Waals surface area contributed by atoms with Crippen LogP contribution in [0.15, 0.2) is 30.9 Å². The van der Waals surface area contributed by atoms with Crippen LogP contribution in [0.3, 0.4) is 0 Å². The van der Waals surface area contributed by atoms with Gasteiger partial charge in [0.25, 0.3) is 0 Å². The van der Waals surface area contributed by atoms with Crippen molar-refractivity contribution in [1.29, 1.82) is 0 Å². The van der Waals surface area contributed by atoms with Gasteiger partial charge in [-0.1, -0.05) is 11.6 Å². The summed E-state index contributed by atoms with van der Waals surface area (Å²) in [5.74, 6) is 7.18. The van der Waals surface area contributed by atoms with Crippen LogP contribution in [-0.2, 0) is 6.54 Å². The Labute approximate surface area is 134 Å². The van der Waals surface area contributed by atoms with Crippen LogP contribution in [0.4, 0.5) is 5.82 Å². The third kappa shape index (κ3) is 2.24. The number of nitrogens with two attached hydrogens (primary N) is 1. The molecular formula is C15H19ClN6. The normalized spacial score (nSPS) is 19.0. The van der Waals surface area contributed by atoms with E-state index in [0.29, 0.717) is 6.54 Å². The third-order valence-electron chi connectivity index (χ3n) is 4.34. The summed E-state index contributed by atoms with van der Waals surface area (Å²) in [5, 5.41) is 4.44. The second-order valence-electron chi connectivity index (χ2n) is 5.79. The van der Waals surface area contributed by atoms with Gasteiger partial charge in [0.1, 0.15) is 12.1 Å². The van der Waals surface area contributed by atoms with Gasteiger partial charge in [0.05, 0.1) is 29.8 Å². The van der Waals surface area contributed by atoms with Gasteiger partial charge >= 0.3 is 0 Å². The van der Waals surface area contributed by atoms with Gasteiger partial charge in [0.2, 0.25) is 0 Å². The first-order chi connectivity index (χ1) is 10.7. The van der Waals surface area contributed by atoms with Crippen molar-refractivity contribution in [3.63, 3.8) is 0 Å². The van der Waals surface area contributed by atoms with E-state index in [-0.39, 0.29) is 0 Å². The van der Waals surface area contributed by atoms with E-state index in [0.717, 1.165) is 30.2 Å². The predicted octanol–water partition coefficient (Wildman–Crippen LogP) is 2.01. The van der Waals surface area contributed by atoms with Gasteiger partial charge in [-0.25, -0.2) is 4.98 Å². The van der Waals surface area contributed by atoms with Gasteiger partial charge < -0.3 is 4.90 Å². The van der Waals surface area contributed by atoms with Crippen molar-refractivity contribution in [2.45, 2.75) is 19.4 Å². The highest BCUT2D eigenvalue weighted by atomic mass is 35.5. The molecule has 0 radical (unpaired) electrons. The number of aromatic nitrogens is 2. The van der Waals surface area contributed by atoms with E-state index in [1.165, 1.54) is 24.2 Å². The van der Waals surface area contributed by atoms with Crippen LogP contribution in [0, 0.1) is 0 Å². The van der Waals surface area contributed by atoms with Crippen molar-refractivity contribution >= 4 is 22.9 Å². The Kier molecular flexibility index (Phi) is 3.44. The smallest absolute Gasteiger partial charge is 0.119 e. The first-order valence-electron chi connectivity index (χ1n) is 7.58. The first kappa shape index (κ1) is 13.9. The Morgan fingerprint density at radius 3 is 2.82 bits per heavy atom. The maximum atomic E-state index is 6.44. The van der Waals surface area contributed by atoms with Gasteiger partial charge in [-0.2, -0.15) is 5.12 Å². The lowest BCUT2D eigenvalue weighted by molar-refractivity contribution is 0.0440. The Hall–Kier alpha value is -1.76. The van der Waals surface area contributed by atoms with E-state index in [2.05, 4.69) is 14.3 Å². The Morgan fingerprint density at radius 2 is 2.09 bits per heavy atom. The first-order valence-corrected chi connectivity index (χ1v) is 7.95. The molecule has 2 N–H and O–H groups in total. The quantitative estimate of drug-likeness (QED) is 0.877. The standard InChI is InChI=1S/C15H19ClN6/c16-13-8-12(10-20-6-3-7-22(20)17)15(19-4-1-2-5-19)21-11-18-9-14(13)21/h3,6,8-9,11H,1-2,4-5,7,10,17H2. The zero-order valence-electron chi connectivity index (χ0n) is 12.3. The summed E-state index contributed by atoms with van der Waals surface area (Å²) in [6.07, 6.45) is 10.2. The lowest BCUT2D eigenvalue weighted by Gasteiger charge is -2.28. The van der Waals surface area contributed by atoms with E-state index < -0.39 is 0 Å². The highest BCUT2D eigenvalue weighted by molar-refractivity contribution is 6.34. The molecule has 0 amide bonds. The van der Waals surface area contributed by atoms with Gasteiger partial charge in [0, 0.05) is 24.9 Å². The fourth-order valence-corrected chi connectivity index (χ4v) is 3.54. The molecule has 116 valence electrons. The summed E-state index contributed by atoms with van der Waals surface area (Å²) in [5.41, 5.74) is 2.12. The minimum absolute atomic E-state index is 0.701. The maximum Gasteiger partial charge on any atom is 0.119 e. The second-order valence-corrected chi connectivity index (χ2v) is 6.20. The highest BCUT2D eigenvalue weighted by Crippen LogP contribution is 2.32. The van der Waals surface area contributed by atoms with Crippen LogP contribution in [0.5, 0.6) is 0 Å². The molecule has 1 saturated heterocycles. The van der Waals surface area contributed by atoms with Crippen LogP contribution in [0.2, 0.25) is 5.02 Å². The molecule has 2 aliphatic heterocycles. The number of imidazole rings is 1. The molecule has 2 aliphatic rings. The van der Waals surface area contributed by atoms with Crippen LogP contribution in [-0.4, -0.2) is 39.1 Å². The van der Waals surface area contributed by atoms with Gasteiger partial charge in [-0.05, 0) is 25.0 Å². The molecule has 22 heavy (non-hydrogen) atoms. The SMILES string of the molecule is NN1CC=CN1Cc1cc(Cl)c2cncn2c1N1CCCC1. The molecule has 4 heterocycles. The number of hydrazine groups is 2. The fraction of sp³-hybridized carbons (Fsp3) is 0.400. The Balaban J connectivity index is 1.81. The summed E-state index contributed by atoms with van der Waals surface area (Å²) in [4.78, 5) is 6.69. The van der Waals surface area contributed by atoms with E-state index in [1.54, 1.807) is 5.12 Å². The Morgan fingerprint density at radius 1 is 1.27 bits per heavy atom. The van der Waals surface area contributed by atoms with Crippen molar-refractivity contribution in [2.24, 2.45) is 5.84 Å². The van der Waals surface area contributed by atoms with E-state index >= 15 is 0 Å². The topological polar surface area (TPSA) is 53.0 Å². The van der Waals surface area contributed by atoms with Crippen LogP contribution < -0.4 is 10.7 Å². The molecule has 7 heteroatoms. The van der Waals surface area contributed by atoms with Gasteiger partial charge in [-0.15, -0.1) is 0 Å². The molecular weight excluding hydrogens is 300 g/mol. The zero-order chi connectivity index (χ0) is 15.1. The number of fused-ring (bicyclic) bond motifs is 1. The molecule has 0 spiro atoms. The molecule has 0 aliphatic carbocycles. The van der Waals surface area contributed by atoms with E-state index in [4.69, 9.17) is 17.4 Å². The number of hydrogen-bond donors (Lipinski definition) is 1. The van der Waals surface area contributed by atoms with Crippen molar-refractivity contribution in [3.8, 4) is 0 Å². The summed E-state index contributed by atoms with van der Waals surface area (Å²) >= 11 is 6.44. The zero-order valence-corrected chi connectivity index (χ0v) is 13.1. The third-order valence-corrected chi connectivity index (χ3v) is 4.64. The molecule has 0 bridgehead atoms. The summed E-state index contributed by atoms with van der Waals surface area (Å²) in [7, 11) is 0. The minimum atomic E-state index is 0.701. The highest BCUT2D eigenvalue weighted by Gasteiger charge is 2.23. The number of rotatable bonds is 3. The largest absolute Gasteiger partial charge is 0.357 e. The monoisotopic (exact) mass is 318 g/mol. The van der Waals surface area contributed by atoms with E-state index in [9.17, 15) is 0 Å². The van der Waals surface area contributed by atoms with Crippen LogP contribution >= 0.6 is 11.6 Å². The lowest BCUT2D eigenvalue weighted by atomic mass is 10.2. The summed E-state index contributed by atoms with van der Waals surface area (Å²) in [6, 6.07) is 2.05. The molecule has 2 aromatic rings.